The van der Waals surface area contributed by atoms with Crippen LogP contribution in [0.4, 0.5) is 0 Å². The highest BCUT2D eigenvalue weighted by Crippen LogP contribution is 2.06. The van der Waals surface area contributed by atoms with E-state index >= 15 is 0 Å². The summed E-state index contributed by atoms with van der Waals surface area (Å²) in [6, 6.07) is -0.0105. The number of hydrogen-bond donors (Lipinski definition) is 1. The average molecular weight is 193 g/mol. The van der Waals surface area contributed by atoms with Gasteiger partial charge in [-0.05, 0) is 19.8 Å². The van der Waals surface area contributed by atoms with E-state index in [1.165, 1.54) is 0 Å². The summed E-state index contributed by atoms with van der Waals surface area (Å²) >= 11 is 0. The SMILES string of the molecule is CCS(=O)(=O)N[C@@H]1CCCOC1. The highest BCUT2D eigenvalue weighted by Gasteiger charge is 2.18. The Morgan fingerprint density at radius 3 is 2.83 bits per heavy atom. The van der Waals surface area contributed by atoms with Gasteiger partial charge in [-0.2, -0.15) is 0 Å². The van der Waals surface area contributed by atoms with Crippen molar-refractivity contribution in [2.75, 3.05) is 19.0 Å². The lowest BCUT2D eigenvalue weighted by molar-refractivity contribution is 0.0774. The van der Waals surface area contributed by atoms with E-state index in [9.17, 15) is 8.42 Å². The predicted molar refractivity (Wildman–Crippen MR) is 46.4 cm³/mol. The molecule has 1 atom stereocenters. The molecule has 0 unspecified atom stereocenters. The van der Waals surface area contributed by atoms with Crippen LogP contribution >= 0.6 is 0 Å². The zero-order valence-corrected chi connectivity index (χ0v) is 8.06. The van der Waals surface area contributed by atoms with Crippen molar-refractivity contribution in [1.29, 1.82) is 0 Å². The monoisotopic (exact) mass is 193 g/mol. The first-order valence-corrected chi connectivity index (χ1v) is 5.87. The van der Waals surface area contributed by atoms with Gasteiger partial charge in [-0.25, -0.2) is 13.1 Å². The molecule has 1 rings (SSSR count). The molecule has 0 spiro atoms. The van der Waals surface area contributed by atoms with Crippen LogP contribution in [0, 0.1) is 0 Å². The fraction of sp³-hybridized carbons (Fsp3) is 1.00. The van der Waals surface area contributed by atoms with E-state index < -0.39 is 10.0 Å². The molecule has 1 aliphatic heterocycles. The molecule has 0 aromatic heterocycles. The molecular weight excluding hydrogens is 178 g/mol. The Labute approximate surface area is 73.3 Å². The third kappa shape index (κ3) is 3.08. The Morgan fingerprint density at radius 1 is 1.58 bits per heavy atom. The normalized spacial score (nSPS) is 25.6. The zero-order chi connectivity index (χ0) is 9.03. The molecule has 72 valence electrons. The van der Waals surface area contributed by atoms with Crippen LogP contribution in [0.3, 0.4) is 0 Å². The number of rotatable bonds is 3. The lowest BCUT2D eigenvalue weighted by Crippen LogP contribution is -2.41. The minimum Gasteiger partial charge on any atom is -0.380 e. The fourth-order valence-corrected chi connectivity index (χ4v) is 2.03. The third-order valence-corrected chi connectivity index (χ3v) is 3.34. The molecule has 5 heteroatoms. The summed E-state index contributed by atoms with van der Waals surface area (Å²) in [6.07, 6.45) is 1.83. The van der Waals surface area contributed by atoms with Gasteiger partial charge in [0.2, 0.25) is 10.0 Å². The third-order valence-electron chi connectivity index (χ3n) is 1.89. The van der Waals surface area contributed by atoms with Crippen molar-refractivity contribution in [3.05, 3.63) is 0 Å². The summed E-state index contributed by atoms with van der Waals surface area (Å²) in [5, 5.41) is 0. The molecule has 1 saturated heterocycles. The molecule has 1 aliphatic rings. The van der Waals surface area contributed by atoms with E-state index in [0.29, 0.717) is 6.61 Å². The van der Waals surface area contributed by atoms with Gasteiger partial charge < -0.3 is 4.74 Å². The van der Waals surface area contributed by atoms with Gasteiger partial charge in [-0.1, -0.05) is 0 Å². The zero-order valence-electron chi connectivity index (χ0n) is 7.25. The minimum atomic E-state index is -3.05. The summed E-state index contributed by atoms with van der Waals surface area (Å²) in [5.74, 6) is 0.142. The number of sulfonamides is 1. The van der Waals surface area contributed by atoms with Crippen molar-refractivity contribution in [3.63, 3.8) is 0 Å². The second-order valence-corrected chi connectivity index (χ2v) is 4.98. The number of hydrogen-bond acceptors (Lipinski definition) is 3. The van der Waals surface area contributed by atoms with Crippen LogP contribution in [0.25, 0.3) is 0 Å². The maximum Gasteiger partial charge on any atom is 0.211 e. The Bertz CT molecular complexity index is 219. The van der Waals surface area contributed by atoms with Crippen molar-refractivity contribution < 1.29 is 13.2 Å². The van der Waals surface area contributed by atoms with Crippen molar-refractivity contribution in [2.45, 2.75) is 25.8 Å². The second-order valence-electron chi connectivity index (χ2n) is 2.94. The van der Waals surface area contributed by atoms with Crippen LogP contribution in [0.5, 0.6) is 0 Å². The molecule has 0 aromatic rings. The molecule has 0 saturated carbocycles. The van der Waals surface area contributed by atoms with E-state index in [-0.39, 0.29) is 11.8 Å². The summed E-state index contributed by atoms with van der Waals surface area (Å²) in [7, 11) is -3.05. The number of nitrogens with one attached hydrogen (secondary N) is 1. The van der Waals surface area contributed by atoms with Gasteiger partial charge in [-0.3, -0.25) is 0 Å². The summed E-state index contributed by atoms with van der Waals surface area (Å²) in [5.41, 5.74) is 0. The molecule has 0 aromatic carbocycles. The fourth-order valence-electron chi connectivity index (χ4n) is 1.17. The molecule has 0 radical (unpaired) electrons. The van der Waals surface area contributed by atoms with Gasteiger partial charge >= 0.3 is 0 Å². The second kappa shape index (κ2) is 4.20. The summed E-state index contributed by atoms with van der Waals surface area (Å²) < 4.78 is 29.9. The van der Waals surface area contributed by atoms with Gasteiger partial charge in [0.25, 0.3) is 0 Å². The highest BCUT2D eigenvalue weighted by molar-refractivity contribution is 7.89. The molecule has 0 amide bonds. The van der Waals surface area contributed by atoms with Crippen LogP contribution < -0.4 is 4.72 Å². The quantitative estimate of drug-likeness (QED) is 0.692. The van der Waals surface area contributed by atoms with E-state index in [4.69, 9.17) is 4.74 Å². The lowest BCUT2D eigenvalue weighted by atomic mass is 10.1. The van der Waals surface area contributed by atoms with Gasteiger partial charge in [0, 0.05) is 12.6 Å². The van der Waals surface area contributed by atoms with Gasteiger partial charge in [0.15, 0.2) is 0 Å². The molecule has 4 nitrogen and oxygen atoms in total. The van der Waals surface area contributed by atoms with Crippen molar-refractivity contribution in [3.8, 4) is 0 Å². The number of ether oxygens (including phenoxy) is 1. The molecule has 0 aliphatic carbocycles. The first-order chi connectivity index (χ1) is 5.64. The predicted octanol–water partition coefficient (Wildman–Crippen LogP) is 0.105. The van der Waals surface area contributed by atoms with E-state index in [2.05, 4.69) is 4.72 Å². The van der Waals surface area contributed by atoms with Gasteiger partial charge in [0.05, 0.1) is 12.4 Å². The first-order valence-electron chi connectivity index (χ1n) is 4.22. The maximum absolute atomic E-state index is 11.1. The lowest BCUT2D eigenvalue weighted by Gasteiger charge is -2.22. The highest BCUT2D eigenvalue weighted by atomic mass is 32.2. The first kappa shape index (κ1) is 9.95. The van der Waals surface area contributed by atoms with E-state index in [1.807, 2.05) is 0 Å². The van der Waals surface area contributed by atoms with Gasteiger partial charge in [-0.15, -0.1) is 0 Å². The molecular formula is C7H15NO3S. The molecule has 0 bridgehead atoms. The van der Waals surface area contributed by atoms with Crippen molar-refractivity contribution in [1.82, 2.24) is 4.72 Å². The van der Waals surface area contributed by atoms with Crippen molar-refractivity contribution in [2.24, 2.45) is 0 Å². The van der Waals surface area contributed by atoms with Crippen LogP contribution in [-0.4, -0.2) is 33.4 Å². The smallest absolute Gasteiger partial charge is 0.211 e. The topological polar surface area (TPSA) is 55.4 Å². The van der Waals surface area contributed by atoms with Crippen molar-refractivity contribution >= 4 is 10.0 Å². The van der Waals surface area contributed by atoms with Crippen LogP contribution in [0.15, 0.2) is 0 Å². The Balaban J connectivity index is 2.39. The van der Waals surface area contributed by atoms with Crippen LogP contribution in [0.1, 0.15) is 19.8 Å². The largest absolute Gasteiger partial charge is 0.380 e. The molecule has 12 heavy (non-hydrogen) atoms. The average Bonchev–Trinajstić information content (AvgIpc) is 2.06. The Morgan fingerprint density at radius 2 is 2.33 bits per heavy atom. The van der Waals surface area contributed by atoms with E-state index in [1.54, 1.807) is 6.92 Å². The molecule has 1 N–H and O–H groups in total. The molecule has 1 heterocycles. The Hall–Kier alpha value is -0.130. The Kier molecular flexibility index (Phi) is 3.49. The van der Waals surface area contributed by atoms with Crippen LogP contribution in [0.2, 0.25) is 0 Å². The van der Waals surface area contributed by atoms with Crippen LogP contribution in [-0.2, 0) is 14.8 Å². The summed E-state index contributed by atoms with van der Waals surface area (Å²) in [6.45, 7) is 2.90. The van der Waals surface area contributed by atoms with E-state index in [0.717, 1.165) is 19.4 Å². The molecule has 1 fully saturated rings. The van der Waals surface area contributed by atoms with Gasteiger partial charge in [0.1, 0.15) is 0 Å². The maximum atomic E-state index is 11.1. The standard InChI is InChI=1S/C7H15NO3S/c1-2-12(9,10)8-7-4-3-5-11-6-7/h7-8H,2-6H2,1H3/t7-/m1/s1. The minimum absolute atomic E-state index is 0.0105. The summed E-state index contributed by atoms with van der Waals surface area (Å²) in [4.78, 5) is 0.